The Morgan fingerprint density at radius 3 is 2.95 bits per heavy atom. The fourth-order valence-electron chi connectivity index (χ4n) is 2.21. The van der Waals surface area contributed by atoms with E-state index in [1.54, 1.807) is 16.5 Å². The van der Waals surface area contributed by atoms with Gasteiger partial charge in [-0.25, -0.2) is 0 Å². The van der Waals surface area contributed by atoms with E-state index in [0.717, 1.165) is 5.69 Å². The molecule has 106 valence electrons. The summed E-state index contributed by atoms with van der Waals surface area (Å²) in [7, 11) is 0. The van der Waals surface area contributed by atoms with Gasteiger partial charge in [0.15, 0.2) is 0 Å². The molecule has 1 aromatic heterocycles. The van der Waals surface area contributed by atoms with Crippen LogP contribution in [-0.4, -0.2) is 55.6 Å². The van der Waals surface area contributed by atoms with Crippen molar-refractivity contribution in [3.63, 3.8) is 0 Å². The molecule has 2 atom stereocenters. The van der Waals surface area contributed by atoms with Gasteiger partial charge in [0.25, 0.3) is 0 Å². The smallest absolute Gasteiger partial charge is 0.224 e. The van der Waals surface area contributed by atoms with E-state index in [4.69, 9.17) is 0 Å². The van der Waals surface area contributed by atoms with Crippen LogP contribution >= 0.6 is 0 Å². The molecule has 1 aliphatic heterocycles. The molecule has 1 aliphatic rings. The van der Waals surface area contributed by atoms with Crippen molar-refractivity contribution in [2.45, 2.75) is 44.9 Å². The van der Waals surface area contributed by atoms with Gasteiger partial charge in [0, 0.05) is 32.3 Å². The largest absolute Gasteiger partial charge is 0.388 e. The Bertz CT molecular complexity index is 456. The summed E-state index contributed by atoms with van der Waals surface area (Å²) in [6, 6.07) is 1.90. The van der Waals surface area contributed by atoms with Crippen molar-refractivity contribution >= 4 is 5.91 Å². The van der Waals surface area contributed by atoms with Crippen LogP contribution in [0.25, 0.3) is 0 Å². The maximum atomic E-state index is 12.0. The normalized spacial score (nSPS) is 27.6. The van der Waals surface area contributed by atoms with Crippen molar-refractivity contribution in [2.75, 3.05) is 13.1 Å². The molecule has 0 aromatic carbocycles. The Balaban J connectivity index is 1.84. The number of piperidine rings is 1. The van der Waals surface area contributed by atoms with Crippen LogP contribution in [-0.2, 0) is 11.3 Å². The number of aliphatic hydroxyl groups is 2. The van der Waals surface area contributed by atoms with Gasteiger partial charge in [-0.2, -0.15) is 5.10 Å². The number of amides is 1. The molecule has 2 heterocycles. The molecular formula is C13H21N3O3. The highest BCUT2D eigenvalue weighted by Gasteiger charge is 2.37. The average Bonchev–Trinajstić information content (AvgIpc) is 2.76. The molecule has 0 radical (unpaired) electrons. The molecule has 6 nitrogen and oxygen atoms in total. The van der Waals surface area contributed by atoms with Gasteiger partial charge in [-0.15, -0.1) is 0 Å². The Kier molecular flexibility index (Phi) is 3.91. The second kappa shape index (κ2) is 5.30. The summed E-state index contributed by atoms with van der Waals surface area (Å²) in [5.41, 5.74) is -0.160. The van der Waals surface area contributed by atoms with Crippen molar-refractivity contribution in [1.82, 2.24) is 14.7 Å². The summed E-state index contributed by atoms with van der Waals surface area (Å²) in [5, 5.41) is 23.9. The predicted octanol–water partition coefficient (Wildman–Crippen LogP) is -0.0742. The summed E-state index contributed by atoms with van der Waals surface area (Å²) in [6.07, 6.45) is 1.73. The van der Waals surface area contributed by atoms with Gasteiger partial charge in [-0.1, -0.05) is 0 Å². The molecule has 0 spiro atoms. The maximum absolute atomic E-state index is 12.0. The number of aliphatic hydroxyl groups excluding tert-OH is 1. The SMILES string of the molecule is Cc1ccn(CCC(=O)N2CC[C@@](C)(O)[C@H](O)C2)n1. The third kappa shape index (κ3) is 3.33. The van der Waals surface area contributed by atoms with E-state index in [2.05, 4.69) is 5.10 Å². The predicted molar refractivity (Wildman–Crippen MR) is 69.4 cm³/mol. The zero-order chi connectivity index (χ0) is 14.0. The van der Waals surface area contributed by atoms with Gasteiger partial charge < -0.3 is 15.1 Å². The third-order valence-electron chi connectivity index (χ3n) is 3.68. The number of aromatic nitrogens is 2. The Morgan fingerprint density at radius 1 is 1.63 bits per heavy atom. The Hall–Kier alpha value is -1.40. The highest BCUT2D eigenvalue weighted by molar-refractivity contribution is 5.76. The second-order valence-corrected chi connectivity index (χ2v) is 5.43. The molecule has 1 amide bonds. The number of likely N-dealkylation sites (tertiary alicyclic amines) is 1. The van der Waals surface area contributed by atoms with Crippen LogP contribution in [0.2, 0.25) is 0 Å². The zero-order valence-corrected chi connectivity index (χ0v) is 11.4. The number of nitrogens with zero attached hydrogens (tertiary/aromatic N) is 3. The van der Waals surface area contributed by atoms with Gasteiger partial charge in [0.1, 0.15) is 0 Å². The van der Waals surface area contributed by atoms with Crippen LogP contribution in [0.15, 0.2) is 12.3 Å². The minimum absolute atomic E-state index is 0.0114. The van der Waals surface area contributed by atoms with Gasteiger partial charge >= 0.3 is 0 Å². The number of β-amino-alcohol motifs (C(OH)–C–C–N with tert-alkyl or cyclic N) is 1. The van der Waals surface area contributed by atoms with Crippen molar-refractivity contribution in [2.24, 2.45) is 0 Å². The van der Waals surface area contributed by atoms with E-state index in [0.29, 0.717) is 25.9 Å². The Labute approximate surface area is 112 Å². The van der Waals surface area contributed by atoms with E-state index >= 15 is 0 Å². The van der Waals surface area contributed by atoms with Crippen molar-refractivity contribution in [1.29, 1.82) is 0 Å². The average molecular weight is 267 g/mol. The number of hydrogen-bond acceptors (Lipinski definition) is 4. The van der Waals surface area contributed by atoms with Crippen LogP contribution in [0, 0.1) is 6.92 Å². The molecule has 6 heteroatoms. The van der Waals surface area contributed by atoms with Crippen LogP contribution in [0.1, 0.15) is 25.5 Å². The topological polar surface area (TPSA) is 78.6 Å². The van der Waals surface area contributed by atoms with Crippen molar-refractivity contribution in [3.8, 4) is 0 Å². The number of carbonyl (C=O) groups is 1. The van der Waals surface area contributed by atoms with Gasteiger partial charge in [-0.3, -0.25) is 9.48 Å². The summed E-state index contributed by atoms with van der Waals surface area (Å²) in [4.78, 5) is 13.6. The molecule has 0 saturated carbocycles. The summed E-state index contributed by atoms with van der Waals surface area (Å²) < 4.78 is 1.74. The number of aryl methyl sites for hydroxylation is 2. The van der Waals surface area contributed by atoms with Gasteiger partial charge in [0.2, 0.25) is 5.91 Å². The molecule has 19 heavy (non-hydrogen) atoms. The standard InChI is InChI=1S/C13H21N3O3/c1-10-3-6-16(14-10)7-4-12(18)15-8-5-13(2,19)11(17)9-15/h3,6,11,17,19H,4-5,7-9H2,1-2H3/t11-,13-/m1/s1. The van der Waals surface area contributed by atoms with E-state index in [-0.39, 0.29) is 12.5 Å². The lowest BCUT2D eigenvalue weighted by molar-refractivity contribution is -0.146. The monoisotopic (exact) mass is 267 g/mol. The number of hydrogen-bond donors (Lipinski definition) is 2. The first-order valence-electron chi connectivity index (χ1n) is 6.57. The molecule has 2 rings (SSSR count). The minimum atomic E-state index is -1.09. The van der Waals surface area contributed by atoms with E-state index < -0.39 is 11.7 Å². The summed E-state index contributed by atoms with van der Waals surface area (Å²) in [6.45, 7) is 4.73. The summed E-state index contributed by atoms with van der Waals surface area (Å²) >= 11 is 0. The number of rotatable bonds is 3. The zero-order valence-electron chi connectivity index (χ0n) is 11.4. The third-order valence-corrected chi connectivity index (χ3v) is 3.68. The molecule has 1 fully saturated rings. The van der Waals surface area contributed by atoms with Crippen LogP contribution in [0.5, 0.6) is 0 Å². The minimum Gasteiger partial charge on any atom is -0.388 e. The fraction of sp³-hybridized carbons (Fsp3) is 0.692. The number of carbonyl (C=O) groups excluding carboxylic acids is 1. The molecule has 0 bridgehead atoms. The lowest BCUT2D eigenvalue weighted by Crippen LogP contribution is -2.55. The van der Waals surface area contributed by atoms with Crippen molar-refractivity contribution < 1.29 is 15.0 Å². The second-order valence-electron chi connectivity index (χ2n) is 5.43. The van der Waals surface area contributed by atoms with Crippen molar-refractivity contribution in [3.05, 3.63) is 18.0 Å². The first-order chi connectivity index (χ1) is 8.88. The highest BCUT2D eigenvalue weighted by Crippen LogP contribution is 2.22. The maximum Gasteiger partial charge on any atom is 0.224 e. The molecule has 2 N–H and O–H groups in total. The Morgan fingerprint density at radius 2 is 2.37 bits per heavy atom. The van der Waals surface area contributed by atoms with Crippen LogP contribution in [0.3, 0.4) is 0 Å². The van der Waals surface area contributed by atoms with E-state index in [1.165, 1.54) is 0 Å². The summed E-state index contributed by atoms with van der Waals surface area (Å²) in [5.74, 6) is -0.0114. The first kappa shape index (κ1) is 14.0. The fourth-order valence-corrected chi connectivity index (χ4v) is 2.21. The van der Waals surface area contributed by atoms with E-state index in [9.17, 15) is 15.0 Å². The van der Waals surface area contributed by atoms with Gasteiger partial charge in [0.05, 0.1) is 17.4 Å². The van der Waals surface area contributed by atoms with Gasteiger partial charge in [-0.05, 0) is 26.3 Å². The van der Waals surface area contributed by atoms with Crippen LogP contribution < -0.4 is 0 Å². The van der Waals surface area contributed by atoms with Crippen LogP contribution in [0.4, 0.5) is 0 Å². The highest BCUT2D eigenvalue weighted by atomic mass is 16.3. The first-order valence-corrected chi connectivity index (χ1v) is 6.57. The molecule has 1 saturated heterocycles. The quantitative estimate of drug-likeness (QED) is 0.803. The molecular weight excluding hydrogens is 246 g/mol. The van der Waals surface area contributed by atoms with E-state index in [1.807, 2.05) is 19.2 Å². The lowest BCUT2D eigenvalue weighted by atomic mass is 9.90. The lowest BCUT2D eigenvalue weighted by Gasteiger charge is -2.39. The molecule has 0 unspecified atom stereocenters. The molecule has 1 aromatic rings. The molecule has 0 aliphatic carbocycles.